The molecule has 3 rings (SSSR count). The molecule has 1 aromatic heterocycles. The molecular formula is C21H21NO4. The predicted octanol–water partition coefficient (Wildman–Crippen LogP) is 4.62. The van der Waals surface area contributed by atoms with Crippen LogP contribution in [0.4, 0.5) is 0 Å². The molecule has 5 heteroatoms. The summed E-state index contributed by atoms with van der Waals surface area (Å²) in [5.41, 5.74) is 4.47. The van der Waals surface area contributed by atoms with Crippen molar-refractivity contribution in [1.82, 2.24) is 4.98 Å². The second-order valence-electron chi connectivity index (χ2n) is 6.13. The minimum atomic E-state index is -1.00. The van der Waals surface area contributed by atoms with E-state index in [-0.39, 0.29) is 5.56 Å². The number of hydrogen-bond donors (Lipinski definition) is 1. The summed E-state index contributed by atoms with van der Waals surface area (Å²) in [6.45, 7) is 6.34. The quantitative estimate of drug-likeness (QED) is 0.726. The average molecular weight is 351 g/mol. The van der Waals surface area contributed by atoms with Gasteiger partial charge in [-0.05, 0) is 38.5 Å². The SMILES string of the molecule is CCOc1cc2c(C(=O)O)cc(-c3ccc(C)cc3C)nc2cc1OC. The minimum Gasteiger partial charge on any atom is -0.493 e. The van der Waals surface area contributed by atoms with Crippen LogP contribution in [0.3, 0.4) is 0 Å². The molecule has 1 heterocycles. The molecule has 5 nitrogen and oxygen atoms in total. The lowest BCUT2D eigenvalue weighted by molar-refractivity contribution is 0.0699. The Labute approximate surface area is 152 Å². The number of carboxylic acids is 1. The number of nitrogens with zero attached hydrogens (tertiary/aromatic N) is 1. The van der Waals surface area contributed by atoms with E-state index in [1.807, 2.05) is 32.9 Å². The number of carbonyl (C=O) groups is 1. The van der Waals surface area contributed by atoms with Gasteiger partial charge in [-0.25, -0.2) is 9.78 Å². The second-order valence-corrected chi connectivity index (χ2v) is 6.13. The van der Waals surface area contributed by atoms with E-state index >= 15 is 0 Å². The highest BCUT2D eigenvalue weighted by Crippen LogP contribution is 2.35. The monoisotopic (exact) mass is 351 g/mol. The summed E-state index contributed by atoms with van der Waals surface area (Å²) in [5.74, 6) is 0.0306. The average Bonchev–Trinajstić information content (AvgIpc) is 2.60. The summed E-state index contributed by atoms with van der Waals surface area (Å²) in [4.78, 5) is 16.6. The first-order valence-electron chi connectivity index (χ1n) is 8.41. The fraction of sp³-hybridized carbons (Fsp3) is 0.238. The van der Waals surface area contributed by atoms with E-state index in [4.69, 9.17) is 9.47 Å². The van der Waals surface area contributed by atoms with E-state index in [2.05, 4.69) is 11.1 Å². The van der Waals surface area contributed by atoms with Crippen molar-refractivity contribution in [3.8, 4) is 22.8 Å². The number of fused-ring (bicyclic) bond motifs is 1. The van der Waals surface area contributed by atoms with Gasteiger partial charge in [0.2, 0.25) is 0 Å². The summed E-state index contributed by atoms with van der Waals surface area (Å²) in [7, 11) is 1.55. The molecule has 0 bridgehead atoms. The highest BCUT2D eigenvalue weighted by Gasteiger charge is 2.17. The molecule has 0 radical (unpaired) electrons. The summed E-state index contributed by atoms with van der Waals surface area (Å²) in [6, 6.07) is 11.0. The Morgan fingerprint density at radius 1 is 1.12 bits per heavy atom. The van der Waals surface area contributed by atoms with Gasteiger partial charge in [-0.3, -0.25) is 0 Å². The molecule has 0 aliphatic carbocycles. The molecule has 0 fully saturated rings. The molecule has 0 saturated carbocycles. The first-order valence-corrected chi connectivity index (χ1v) is 8.41. The lowest BCUT2D eigenvalue weighted by Gasteiger charge is -2.14. The topological polar surface area (TPSA) is 68.7 Å². The number of ether oxygens (including phenoxy) is 2. The van der Waals surface area contributed by atoms with Gasteiger partial charge in [0.15, 0.2) is 11.5 Å². The fourth-order valence-electron chi connectivity index (χ4n) is 3.08. The molecule has 134 valence electrons. The van der Waals surface area contributed by atoms with Crippen molar-refractivity contribution < 1.29 is 19.4 Å². The van der Waals surface area contributed by atoms with Gasteiger partial charge in [0.25, 0.3) is 0 Å². The van der Waals surface area contributed by atoms with Crippen molar-refractivity contribution in [3.63, 3.8) is 0 Å². The van der Waals surface area contributed by atoms with Crippen LogP contribution in [0.5, 0.6) is 11.5 Å². The van der Waals surface area contributed by atoms with Crippen LogP contribution in [-0.4, -0.2) is 29.8 Å². The lowest BCUT2D eigenvalue weighted by Crippen LogP contribution is -2.03. The number of methoxy groups -OCH3 is 1. The van der Waals surface area contributed by atoms with Crippen LogP contribution in [0, 0.1) is 13.8 Å². The van der Waals surface area contributed by atoms with Gasteiger partial charge in [-0.1, -0.05) is 23.8 Å². The van der Waals surface area contributed by atoms with Crippen molar-refractivity contribution in [2.75, 3.05) is 13.7 Å². The third-order valence-corrected chi connectivity index (χ3v) is 4.28. The Hall–Kier alpha value is -3.08. The molecule has 0 saturated heterocycles. The van der Waals surface area contributed by atoms with Crippen LogP contribution >= 0.6 is 0 Å². The number of benzene rings is 2. The molecule has 0 unspecified atom stereocenters. The van der Waals surface area contributed by atoms with E-state index in [0.717, 1.165) is 16.7 Å². The van der Waals surface area contributed by atoms with Gasteiger partial charge >= 0.3 is 5.97 Å². The zero-order valence-electron chi connectivity index (χ0n) is 15.3. The third kappa shape index (κ3) is 3.20. The van der Waals surface area contributed by atoms with Crippen molar-refractivity contribution >= 4 is 16.9 Å². The zero-order valence-corrected chi connectivity index (χ0v) is 15.3. The van der Waals surface area contributed by atoms with Gasteiger partial charge in [0, 0.05) is 17.0 Å². The molecule has 1 N–H and O–H groups in total. The zero-order chi connectivity index (χ0) is 18.8. The van der Waals surface area contributed by atoms with E-state index < -0.39 is 5.97 Å². The second kappa shape index (κ2) is 7.04. The highest BCUT2D eigenvalue weighted by atomic mass is 16.5. The normalized spacial score (nSPS) is 10.8. The molecule has 0 spiro atoms. The summed E-state index contributed by atoms with van der Waals surface area (Å²) in [6.07, 6.45) is 0. The van der Waals surface area contributed by atoms with Crippen molar-refractivity contribution in [3.05, 3.63) is 53.1 Å². The van der Waals surface area contributed by atoms with Gasteiger partial charge in [0.1, 0.15) is 0 Å². The van der Waals surface area contributed by atoms with Crippen LogP contribution in [0.15, 0.2) is 36.4 Å². The molecule has 0 atom stereocenters. The number of pyridine rings is 1. The molecule has 0 aliphatic heterocycles. The maximum atomic E-state index is 11.9. The van der Waals surface area contributed by atoms with Crippen LogP contribution in [0.25, 0.3) is 22.2 Å². The number of aromatic nitrogens is 1. The summed E-state index contributed by atoms with van der Waals surface area (Å²) in [5, 5.41) is 10.2. The maximum absolute atomic E-state index is 11.9. The standard InChI is InChI=1S/C21H21NO4/c1-5-26-20-10-15-16(21(23)24)9-17(22-18(15)11-19(20)25-4)14-7-6-12(2)8-13(14)3/h6-11H,5H2,1-4H3,(H,23,24). The summed E-state index contributed by atoms with van der Waals surface area (Å²) < 4.78 is 11.0. The Bertz CT molecular complexity index is 995. The van der Waals surface area contributed by atoms with E-state index in [1.165, 1.54) is 0 Å². The Morgan fingerprint density at radius 3 is 2.50 bits per heavy atom. The molecule has 0 amide bonds. The molecular weight excluding hydrogens is 330 g/mol. The first kappa shape index (κ1) is 17.7. The van der Waals surface area contributed by atoms with Crippen molar-refractivity contribution in [2.45, 2.75) is 20.8 Å². The fourth-order valence-corrected chi connectivity index (χ4v) is 3.08. The Kier molecular flexibility index (Phi) is 4.80. The van der Waals surface area contributed by atoms with Gasteiger partial charge in [-0.2, -0.15) is 0 Å². The van der Waals surface area contributed by atoms with Gasteiger partial charge in [0.05, 0.1) is 30.5 Å². The van der Waals surface area contributed by atoms with Crippen molar-refractivity contribution in [1.29, 1.82) is 0 Å². The molecule has 0 aliphatic rings. The minimum absolute atomic E-state index is 0.189. The number of carboxylic acid groups (broad SMARTS) is 1. The van der Waals surface area contributed by atoms with Crippen LogP contribution in [0.1, 0.15) is 28.4 Å². The van der Waals surface area contributed by atoms with Crippen LogP contribution < -0.4 is 9.47 Å². The van der Waals surface area contributed by atoms with E-state index in [0.29, 0.717) is 34.7 Å². The maximum Gasteiger partial charge on any atom is 0.336 e. The van der Waals surface area contributed by atoms with Crippen LogP contribution in [-0.2, 0) is 0 Å². The van der Waals surface area contributed by atoms with E-state index in [1.54, 1.807) is 25.3 Å². The lowest BCUT2D eigenvalue weighted by atomic mass is 9.99. The summed E-state index contributed by atoms with van der Waals surface area (Å²) >= 11 is 0. The molecule has 26 heavy (non-hydrogen) atoms. The molecule has 3 aromatic rings. The smallest absolute Gasteiger partial charge is 0.336 e. The van der Waals surface area contributed by atoms with Crippen molar-refractivity contribution in [2.24, 2.45) is 0 Å². The number of aromatic carboxylic acids is 1. The van der Waals surface area contributed by atoms with Gasteiger partial charge < -0.3 is 14.6 Å². The Morgan fingerprint density at radius 2 is 1.88 bits per heavy atom. The largest absolute Gasteiger partial charge is 0.493 e. The van der Waals surface area contributed by atoms with E-state index in [9.17, 15) is 9.90 Å². The first-order chi connectivity index (χ1) is 12.4. The number of aryl methyl sites for hydroxylation is 2. The molecule has 2 aromatic carbocycles. The van der Waals surface area contributed by atoms with Gasteiger partial charge in [-0.15, -0.1) is 0 Å². The predicted molar refractivity (Wildman–Crippen MR) is 101 cm³/mol. The Balaban J connectivity index is 2.30. The number of hydrogen-bond acceptors (Lipinski definition) is 4. The third-order valence-electron chi connectivity index (χ3n) is 4.28. The van der Waals surface area contributed by atoms with Crippen LogP contribution in [0.2, 0.25) is 0 Å². The highest BCUT2D eigenvalue weighted by molar-refractivity contribution is 6.04. The number of rotatable bonds is 5.